The summed E-state index contributed by atoms with van der Waals surface area (Å²) in [6.07, 6.45) is 10.3. The van der Waals surface area contributed by atoms with E-state index in [1.807, 2.05) is 0 Å². The molecular formula is C13H21N3. The van der Waals surface area contributed by atoms with Gasteiger partial charge in [0.15, 0.2) is 0 Å². The Morgan fingerprint density at radius 3 is 2.62 bits per heavy atom. The molecule has 3 rings (SSSR count). The molecule has 0 atom stereocenters. The molecular weight excluding hydrogens is 198 g/mol. The molecule has 0 radical (unpaired) electrons. The van der Waals surface area contributed by atoms with Gasteiger partial charge in [-0.3, -0.25) is 0 Å². The highest BCUT2D eigenvalue weighted by Crippen LogP contribution is 2.36. The van der Waals surface area contributed by atoms with Crippen LogP contribution in [0.4, 0.5) is 5.82 Å². The number of hydrogen-bond acceptors (Lipinski definition) is 2. The fourth-order valence-electron chi connectivity index (χ4n) is 3.20. The molecule has 2 N–H and O–H groups in total. The maximum Gasteiger partial charge on any atom is 0.127 e. The van der Waals surface area contributed by atoms with Crippen LogP contribution >= 0.6 is 0 Å². The molecule has 1 aliphatic carbocycles. The van der Waals surface area contributed by atoms with Gasteiger partial charge in [-0.2, -0.15) is 0 Å². The number of nitrogens with zero attached hydrogens (tertiary/aromatic N) is 2. The highest BCUT2D eigenvalue weighted by molar-refractivity contribution is 5.41. The minimum absolute atomic E-state index is 0.645. The predicted molar refractivity (Wildman–Crippen MR) is 65.4 cm³/mol. The second kappa shape index (κ2) is 4.11. The van der Waals surface area contributed by atoms with Crippen LogP contribution in [0, 0.1) is 0 Å². The van der Waals surface area contributed by atoms with Crippen molar-refractivity contribution in [2.24, 2.45) is 0 Å². The molecule has 1 aromatic heterocycles. The molecule has 0 bridgehead atoms. The number of imidazole rings is 1. The van der Waals surface area contributed by atoms with E-state index in [-0.39, 0.29) is 0 Å². The second-order valence-corrected chi connectivity index (χ2v) is 5.24. The van der Waals surface area contributed by atoms with Crippen molar-refractivity contribution in [3.63, 3.8) is 0 Å². The van der Waals surface area contributed by atoms with Crippen LogP contribution in [0.5, 0.6) is 0 Å². The third-order valence-electron chi connectivity index (χ3n) is 4.14. The third-order valence-corrected chi connectivity index (χ3v) is 4.14. The smallest absolute Gasteiger partial charge is 0.127 e. The molecule has 1 fully saturated rings. The van der Waals surface area contributed by atoms with E-state index in [0.29, 0.717) is 5.92 Å². The zero-order chi connectivity index (χ0) is 11.0. The van der Waals surface area contributed by atoms with Crippen molar-refractivity contribution in [2.75, 3.05) is 5.73 Å². The number of fused-ring (bicyclic) bond motifs is 1. The van der Waals surface area contributed by atoms with Crippen LogP contribution in [0.25, 0.3) is 0 Å². The van der Waals surface area contributed by atoms with Crippen molar-refractivity contribution in [2.45, 2.75) is 63.8 Å². The molecule has 0 amide bonds. The second-order valence-electron chi connectivity index (χ2n) is 5.24. The average molecular weight is 219 g/mol. The normalized spacial score (nSPS) is 22.0. The number of rotatable bonds is 1. The van der Waals surface area contributed by atoms with Crippen molar-refractivity contribution < 1.29 is 0 Å². The average Bonchev–Trinajstić information content (AvgIpc) is 2.69. The quantitative estimate of drug-likeness (QED) is 0.789. The van der Waals surface area contributed by atoms with Gasteiger partial charge in [0.25, 0.3) is 0 Å². The van der Waals surface area contributed by atoms with E-state index in [1.165, 1.54) is 56.5 Å². The molecule has 2 heterocycles. The molecule has 3 nitrogen and oxygen atoms in total. The summed E-state index contributed by atoms with van der Waals surface area (Å²) in [5, 5.41) is 0. The first-order chi connectivity index (χ1) is 7.86. The highest BCUT2D eigenvalue weighted by atomic mass is 15.1. The van der Waals surface area contributed by atoms with E-state index in [0.717, 1.165) is 18.8 Å². The van der Waals surface area contributed by atoms with Crippen LogP contribution < -0.4 is 5.73 Å². The van der Waals surface area contributed by atoms with E-state index in [4.69, 9.17) is 10.7 Å². The zero-order valence-corrected chi connectivity index (χ0v) is 9.91. The van der Waals surface area contributed by atoms with Gasteiger partial charge in [0.1, 0.15) is 11.6 Å². The van der Waals surface area contributed by atoms with Gasteiger partial charge < -0.3 is 10.3 Å². The van der Waals surface area contributed by atoms with E-state index >= 15 is 0 Å². The van der Waals surface area contributed by atoms with E-state index < -0.39 is 0 Å². The maximum atomic E-state index is 6.26. The topological polar surface area (TPSA) is 43.8 Å². The van der Waals surface area contributed by atoms with Gasteiger partial charge in [-0.25, -0.2) is 4.98 Å². The Morgan fingerprint density at radius 2 is 1.88 bits per heavy atom. The predicted octanol–water partition coefficient (Wildman–Crippen LogP) is 2.85. The van der Waals surface area contributed by atoms with E-state index in [9.17, 15) is 0 Å². The van der Waals surface area contributed by atoms with Gasteiger partial charge in [-0.05, 0) is 25.7 Å². The van der Waals surface area contributed by atoms with Crippen LogP contribution in [0.2, 0.25) is 0 Å². The number of anilines is 1. The summed E-state index contributed by atoms with van der Waals surface area (Å²) in [6, 6.07) is 0. The van der Waals surface area contributed by atoms with Gasteiger partial charge in [0, 0.05) is 18.9 Å². The molecule has 88 valence electrons. The number of aromatic nitrogens is 2. The summed E-state index contributed by atoms with van der Waals surface area (Å²) in [6.45, 7) is 1.08. The molecule has 0 unspecified atom stereocenters. The summed E-state index contributed by atoms with van der Waals surface area (Å²) < 4.78 is 2.26. The van der Waals surface area contributed by atoms with Crippen LogP contribution in [-0.2, 0) is 13.0 Å². The van der Waals surface area contributed by atoms with Gasteiger partial charge >= 0.3 is 0 Å². The lowest BCUT2D eigenvalue weighted by Crippen LogP contribution is -2.13. The first-order valence-electron chi connectivity index (χ1n) is 6.71. The minimum atomic E-state index is 0.645. The number of nitrogen functional groups attached to an aromatic ring is 1. The molecule has 1 aromatic rings. The number of hydrogen-bond donors (Lipinski definition) is 1. The summed E-state index contributed by atoms with van der Waals surface area (Å²) in [5.74, 6) is 2.86. The first kappa shape index (κ1) is 10.2. The lowest BCUT2D eigenvalue weighted by Gasteiger charge is -2.20. The molecule has 0 aromatic carbocycles. The zero-order valence-electron chi connectivity index (χ0n) is 9.91. The lowest BCUT2D eigenvalue weighted by molar-refractivity contribution is 0.438. The molecule has 2 aliphatic rings. The highest BCUT2D eigenvalue weighted by Gasteiger charge is 2.24. The Kier molecular flexibility index (Phi) is 2.62. The van der Waals surface area contributed by atoms with Gasteiger partial charge in [0.2, 0.25) is 0 Å². The molecule has 16 heavy (non-hydrogen) atoms. The number of aryl methyl sites for hydroxylation is 1. The van der Waals surface area contributed by atoms with Crippen LogP contribution in [-0.4, -0.2) is 9.55 Å². The first-order valence-corrected chi connectivity index (χ1v) is 6.71. The fourth-order valence-corrected chi connectivity index (χ4v) is 3.20. The standard InChI is InChI=1S/C13H21N3/c14-13-12(10-6-2-1-3-7-10)15-11-8-4-5-9-16(11)13/h10H,1-9,14H2. The van der Waals surface area contributed by atoms with Crippen molar-refractivity contribution >= 4 is 5.82 Å². The Bertz CT molecular complexity index is 375. The van der Waals surface area contributed by atoms with Crippen molar-refractivity contribution in [1.29, 1.82) is 0 Å². The Balaban J connectivity index is 1.91. The van der Waals surface area contributed by atoms with Gasteiger partial charge in [0.05, 0.1) is 5.69 Å². The molecule has 3 heteroatoms. The summed E-state index contributed by atoms with van der Waals surface area (Å²) in [4.78, 5) is 4.81. The lowest BCUT2D eigenvalue weighted by atomic mass is 9.87. The number of nitrogens with two attached hydrogens (primary N) is 1. The van der Waals surface area contributed by atoms with E-state index in [1.54, 1.807) is 0 Å². The summed E-state index contributed by atoms with van der Waals surface area (Å²) in [5.41, 5.74) is 7.47. The van der Waals surface area contributed by atoms with Crippen LogP contribution in [0.1, 0.15) is 62.4 Å². The minimum Gasteiger partial charge on any atom is -0.384 e. The van der Waals surface area contributed by atoms with Crippen molar-refractivity contribution in [3.8, 4) is 0 Å². The summed E-state index contributed by atoms with van der Waals surface area (Å²) >= 11 is 0. The SMILES string of the molecule is Nc1c(C2CCCCC2)nc2n1CCCC2. The van der Waals surface area contributed by atoms with Crippen LogP contribution in [0.15, 0.2) is 0 Å². The molecule has 1 aliphatic heterocycles. The largest absolute Gasteiger partial charge is 0.384 e. The van der Waals surface area contributed by atoms with Crippen molar-refractivity contribution in [3.05, 3.63) is 11.5 Å². The van der Waals surface area contributed by atoms with Crippen LogP contribution in [0.3, 0.4) is 0 Å². The summed E-state index contributed by atoms with van der Waals surface area (Å²) in [7, 11) is 0. The van der Waals surface area contributed by atoms with E-state index in [2.05, 4.69) is 4.57 Å². The van der Waals surface area contributed by atoms with Gasteiger partial charge in [-0.1, -0.05) is 19.3 Å². The monoisotopic (exact) mass is 219 g/mol. The van der Waals surface area contributed by atoms with Crippen molar-refractivity contribution in [1.82, 2.24) is 9.55 Å². The fraction of sp³-hybridized carbons (Fsp3) is 0.769. The Hall–Kier alpha value is -0.990. The molecule has 0 saturated heterocycles. The molecule has 0 spiro atoms. The molecule has 1 saturated carbocycles. The van der Waals surface area contributed by atoms with Gasteiger partial charge in [-0.15, -0.1) is 0 Å². The Morgan fingerprint density at radius 1 is 1.06 bits per heavy atom. The Labute approximate surface area is 97.0 Å². The third kappa shape index (κ3) is 1.62. The maximum absolute atomic E-state index is 6.26.